The molecule has 1 aromatic rings. The fourth-order valence-electron chi connectivity index (χ4n) is 1.90. The number of nitrogens with one attached hydrogen (secondary N) is 1. The summed E-state index contributed by atoms with van der Waals surface area (Å²) in [7, 11) is 1.61. The Hall–Kier alpha value is -1.75. The molecule has 1 atom stereocenters. The number of hydrogen-bond donors (Lipinski definition) is 1. The minimum Gasteiger partial charge on any atom is -0.497 e. The molecule has 0 aromatic heterocycles. The number of benzene rings is 1. The molecule has 0 unspecified atom stereocenters. The Bertz CT molecular complexity index is 398. The van der Waals surface area contributed by atoms with Crippen LogP contribution in [0.2, 0.25) is 0 Å². The second-order valence-corrected chi connectivity index (χ2v) is 4.40. The maximum Gasteiger partial charge on any atom is 0.258 e. The molecule has 1 aliphatic heterocycles. The lowest BCUT2D eigenvalue weighted by molar-refractivity contribution is -0.123. The number of ether oxygens (including phenoxy) is 3. The lowest BCUT2D eigenvalue weighted by Crippen LogP contribution is -2.35. The van der Waals surface area contributed by atoms with Crippen molar-refractivity contribution in [2.24, 2.45) is 0 Å². The first-order valence-corrected chi connectivity index (χ1v) is 6.43. The van der Waals surface area contributed by atoms with Crippen molar-refractivity contribution in [2.75, 3.05) is 26.9 Å². The molecule has 1 aromatic carbocycles. The number of carbonyl (C=O) groups excluding carboxylic acids is 1. The number of carbonyl (C=O) groups is 1. The van der Waals surface area contributed by atoms with Crippen LogP contribution in [0, 0.1) is 0 Å². The molecule has 2 rings (SSSR count). The van der Waals surface area contributed by atoms with Crippen LogP contribution in [0.25, 0.3) is 0 Å². The minimum absolute atomic E-state index is 0.0129. The summed E-state index contributed by atoms with van der Waals surface area (Å²) in [5, 5.41) is 2.80. The molecule has 0 aliphatic carbocycles. The van der Waals surface area contributed by atoms with Crippen molar-refractivity contribution >= 4 is 5.91 Å². The van der Waals surface area contributed by atoms with Crippen LogP contribution in [0.1, 0.15) is 12.8 Å². The molecule has 1 amide bonds. The fourth-order valence-corrected chi connectivity index (χ4v) is 1.90. The summed E-state index contributed by atoms with van der Waals surface area (Å²) in [6, 6.07) is 7.12. The van der Waals surface area contributed by atoms with E-state index >= 15 is 0 Å². The maximum atomic E-state index is 11.6. The predicted octanol–water partition coefficient (Wildman–Crippen LogP) is 1.37. The van der Waals surface area contributed by atoms with Gasteiger partial charge in [-0.2, -0.15) is 0 Å². The van der Waals surface area contributed by atoms with Crippen LogP contribution in [-0.2, 0) is 9.53 Å². The van der Waals surface area contributed by atoms with Gasteiger partial charge in [0.25, 0.3) is 5.91 Å². The maximum absolute atomic E-state index is 11.6. The average molecular weight is 265 g/mol. The van der Waals surface area contributed by atoms with Crippen LogP contribution in [0.3, 0.4) is 0 Å². The first-order chi connectivity index (χ1) is 9.28. The zero-order chi connectivity index (χ0) is 13.5. The van der Waals surface area contributed by atoms with E-state index in [2.05, 4.69) is 5.32 Å². The van der Waals surface area contributed by atoms with E-state index in [4.69, 9.17) is 14.2 Å². The van der Waals surface area contributed by atoms with Gasteiger partial charge in [-0.05, 0) is 37.1 Å². The quantitative estimate of drug-likeness (QED) is 0.844. The monoisotopic (exact) mass is 265 g/mol. The zero-order valence-corrected chi connectivity index (χ0v) is 11.1. The highest BCUT2D eigenvalue weighted by Gasteiger charge is 2.16. The number of amides is 1. The van der Waals surface area contributed by atoms with Crippen LogP contribution in [0.15, 0.2) is 24.3 Å². The normalized spacial score (nSPS) is 18.1. The van der Waals surface area contributed by atoms with Gasteiger partial charge >= 0.3 is 0 Å². The number of rotatable bonds is 6. The van der Waals surface area contributed by atoms with Gasteiger partial charge in [0.05, 0.1) is 13.2 Å². The van der Waals surface area contributed by atoms with Gasteiger partial charge in [-0.3, -0.25) is 4.79 Å². The van der Waals surface area contributed by atoms with Crippen LogP contribution in [0.5, 0.6) is 11.5 Å². The molecule has 1 aliphatic rings. The molecule has 0 spiro atoms. The van der Waals surface area contributed by atoms with E-state index < -0.39 is 0 Å². The van der Waals surface area contributed by atoms with Crippen molar-refractivity contribution in [1.29, 1.82) is 0 Å². The SMILES string of the molecule is COc1ccc(OCC(=O)NC[C@H]2CCCO2)cc1. The Kier molecular flexibility index (Phi) is 5.03. The Labute approximate surface area is 112 Å². The fraction of sp³-hybridized carbons (Fsp3) is 0.500. The average Bonchev–Trinajstić information content (AvgIpc) is 2.96. The van der Waals surface area contributed by atoms with Crippen LogP contribution < -0.4 is 14.8 Å². The van der Waals surface area contributed by atoms with E-state index in [1.807, 2.05) is 0 Å². The highest BCUT2D eigenvalue weighted by atomic mass is 16.5. The highest BCUT2D eigenvalue weighted by molar-refractivity contribution is 5.77. The number of hydrogen-bond acceptors (Lipinski definition) is 4. The Morgan fingerprint density at radius 2 is 2.11 bits per heavy atom. The van der Waals surface area contributed by atoms with Crippen molar-refractivity contribution < 1.29 is 19.0 Å². The first-order valence-electron chi connectivity index (χ1n) is 6.43. The molecule has 0 saturated carbocycles. The summed E-state index contributed by atoms with van der Waals surface area (Å²) >= 11 is 0. The molecule has 0 bridgehead atoms. The van der Waals surface area contributed by atoms with Gasteiger partial charge in [-0.1, -0.05) is 0 Å². The second kappa shape index (κ2) is 6.99. The van der Waals surface area contributed by atoms with Gasteiger partial charge in [-0.25, -0.2) is 0 Å². The molecular formula is C14H19NO4. The third kappa shape index (κ3) is 4.44. The minimum atomic E-state index is -0.133. The standard InChI is InChI=1S/C14H19NO4/c1-17-11-4-6-12(7-5-11)19-10-14(16)15-9-13-3-2-8-18-13/h4-7,13H,2-3,8-10H2,1H3,(H,15,16)/t13-/m1/s1. The third-order valence-corrected chi connectivity index (χ3v) is 2.98. The summed E-state index contributed by atoms with van der Waals surface area (Å²) in [6.45, 7) is 1.37. The largest absolute Gasteiger partial charge is 0.497 e. The molecule has 1 fully saturated rings. The summed E-state index contributed by atoms with van der Waals surface area (Å²) < 4.78 is 15.8. The third-order valence-electron chi connectivity index (χ3n) is 2.98. The zero-order valence-electron chi connectivity index (χ0n) is 11.1. The van der Waals surface area contributed by atoms with Gasteiger partial charge in [0.1, 0.15) is 11.5 Å². The van der Waals surface area contributed by atoms with Crippen molar-refractivity contribution in [3.63, 3.8) is 0 Å². The van der Waals surface area contributed by atoms with Crippen molar-refractivity contribution in [3.05, 3.63) is 24.3 Å². The summed E-state index contributed by atoms with van der Waals surface area (Å²) in [5.41, 5.74) is 0. The lowest BCUT2D eigenvalue weighted by Gasteiger charge is -2.11. The smallest absolute Gasteiger partial charge is 0.258 e. The topological polar surface area (TPSA) is 56.8 Å². The molecule has 19 heavy (non-hydrogen) atoms. The lowest BCUT2D eigenvalue weighted by atomic mass is 10.2. The van der Waals surface area contributed by atoms with E-state index in [0.717, 1.165) is 25.2 Å². The molecule has 1 saturated heterocycles. The molecule has 104 valence electrons. The van der Waals surface area contributed by atoms with E-state index in [-0.39, 0.29) is 18.6 Å². The van der Waals surface area contributed by atoms with E-state index in [1.54, 1.807) is 31.4 Å². The Morgan fingerprint density at radius 3 is 2.74 bits per heavy atom. The Morgan fingerprint density at radius 1 is 1.37 bits per heavy atom. The summed E-state index contributed by atoms with van der Waals surface area (Å²) in [6.07, 6.45) is 2.24. The van der Waals surface area contributed by atoms with Crippen molar-refractivity contribution in [1.82, 2.24) is 5.32 Å². The van der Waals surface area contributed by atoms with E-state index in [9.17, 15) is 4.79 Å². The molecule has 1 heterocycles. The number of methoxy groups -OCH3 is 1. The van der Waals surface area contributed by atoms with E-state index in [1.165, 1.54) is 0 Å². The van der Waals surface area contributed by atoms with Gasteiger partial charge in [0.2, 0.25) is 0 Å². The highest BCUT2D eigenvalue weighted by Crippen LogP contribution is 2.16. The molecule has 5 nitrogen and oxygen atoms in total. The van der Waals surface area contributed by atoms with Gasteiger partial charge < -0.3 is 19.5 Å². The summed E-state index contributed by atoms with van der Waals surface area (Å²) in [5.74, 6) is 1.27. The van der Waals surface area contributed by atoms with Crippen LogP contribution in [-0.4, -0.2) is 38.9 Å². The first kappa shape index (κ1) is 13.7. The molecule has 1 N–H and O–H groups in total. The van der Waals surface area contributed by atoms with Crippen molar-refractivity contribution in [2.45, 2.75) is 18.9 Å². The van der Waals surface area contributed by atoms with Crippen LogP contribution in [0.4, 0.5) is 0 Å². The van der Waals surface area contributed by atoms with E-state index in [0.29, 0.717) is 12.3 Å². The van der Waals surface area contributed by atoms with Crippen molar-refractivity contribution in [3.8, 4) is 11.5 Å². The second-order valence-electron chi connectivity index (χ2n) is 4.40. The predicted molar refractivity (Wildman–Crippen MR) is 70.5 cm³/mol. The van der Waals surface area contributed by atoms with Crippen LogP contribution >= 0.6 is 0 Å². The van der Waals surface area contributed by atoms with Gasteiger partial charge in [0.15, 0.2) is 6.61 Å². The van der Waals surface area contributed by atoms with Gasteiger partial charge in [0, 0.05) is 13.2 Å². The summed E-state index contributed by atoms with van der Waals surface area (Å²) in [4.78, 5) is 11.6. The Balaban J connectivity index is 1.67. The molecular weight excluding hydrogens is 246 g/mol. The molecule has 5 heteroatoms. The molecule has 0 radical (unpaired) electrons. The van der Waals surface area contributed by atoms with Gasteiger partial charge in [-0.15, -0.1) is 0 Å².